The number of benzene rings is 4. The van der Waals surface area contributed by atoms with E-state index in [9.17, 15) is 29.4 Å². The van der Waals surface area contributed by atoms with E-state index < -0.39 is 25.0 Å². The molecule has 0 fully saturated rings. The summed E-state index contributed by atoms with van der Waals surface area (Å²) in [4.78, 5) is 61.5. The highest BCUT2D eigenvalue weighted by Gasteiger charge is 2.19. The first-order valence-electron chi connectivity index (χ1n) is 22.9. The van der Waals surface area contributed by atoms with E-state index in [1.54, 1.807) is 14.2 Å². The van der Waals surface area contributed by atoms with Crippen LogP contribution in [-0.2, 0) is 19.2 Å². The molecule has 68 heavy (non-hydrogen) atoms. The van der Waals surface area contributed by atoms with Crippen LogP contribution in [0.25, 0.3) is 43.6 Å². The van der Waals surface area contributed by atoms with Crippen molar-refractivity contribution >= 4 is 102 Å². The van der Waals surface area contributed by atoms with Crippen LogP contribution in [0.15, 0.2) is 72.8 Å². The minimum atomic E-state index is -1.12. The second-order valence-corrected chi connectivity index (χ2v) is 17.5. The number of hydrogen-bond acceptors (Lipinski definition) is 12. The van der Waals surface area contributed by atoms with Crippen LogP contribution in [-0.4, -0.2) is 133 Å². The average Bonchev–Trinajstić information content (AvgIpc) is 3.30. The zero-order chi connectivity index (χ0) is 48.4. The molecule has 0 bridgehead atoms. The Labute approximate surface area is 405 Å². The van der Waals surface area contributed by atoms with Crippen molar-refractivity contribution in [1.82, 2.24) is 30.4 Å². The molecule has 0 radical (unpaired) electrons. The number of anilines is 2. The maximum Gasteiger partial charge on any atom is 0.317 e. The van der Waals surface area contributed by atoms with Crippen LogP contribution in [0, 0.1) is 0 Å². The summed E-state index contributed by atoms with van der Waals surface area (Å²) in [5.74, 6) is -1.42. The van der Waals surface area contributed by atoms with Crippen LogP contribution in [0.4, 0.5) is 11.4 Å². The van der Waals surface area contributed by atoms with Crippen molar-refractivity contribution in [3.05, 3.63) is 82.8 Å². The second-order valence-electron chi connectivity index (χ2n) is 16.7. The fraction of sp³-hybridized carbons (Fsp3) is 0.400. The van der Waals surface area contributed by atoms with Gasteiger partial charge in [-0.3, -0.25) is 29.0 Å². The van der Waals surface area contributed by atoms with Gasteiger partial charge in [0.15, 0.2) is 0 Å². The molecule has 362 valence electrons. The topological polar surface area (TPSA) is 208 Å². The number of hydrogen-bond donors (Lipinski definition) is 6. The van der Waals surface area contributed by atoms with E-state index in [0.29, 0.717) is 23.1 Å². The number of carboxylic acid groups (broad SMARTS) is 2. The Balaban J connectivity index is 0.866. The monoisotopic (exact) mass is 970 g/mol. The number of nitrogens with zero attached hydrogens (tertiary/aromatic N) is 4. The summed E-state index contributed by atoms with van der Waals surface area (Å²) in [6.45, 7) is 1.29. The van der Waals surface area contributed by atoms with E-state index in [2.05, 4.69) is 21.3 Å². The lowest BCUT2D eigenvalue weighted by Crippen LogP contribution is -2.46. The summed E-state index contributed by atoms with van der Waals surface area (Å²) >= 11 is 12.5. The van der Waals surface area contributed by atoms with Crippen LogP contribution < -0.4 is 30.7 Å². The fourth-order valence-corrected chi connectivity index (χ4v) is 8.46. The Morgan fingerprint density at radius 2 is 0.897 bits per heavy atom. The molecule has 2 amide bonds. The largest absolute Gasteiger partial charge is 0.497 e. The lowest BCUT2D eigenvalue weighted by atomic mass is 10.1. The summed E-state index contributed by atoms with van der Waals surface area (Å²) in [7, 11) is 3.27. The van der Waals surface area contributed by atoms with Crippen LogP contribution >= 0.6 is 23.2 Å². The van der Waals surface area contributed by atoms with Gasteiger partial charge in [-0.05, 0) is 98.5 Å². The second kappa shape index (κ2) is 25.8. The molecule has 0 unspecified atom stereocenters. The van der Waals surface area contributed by atoms with Gasteiger partial charge in [0.25, 0.3) is 0 Å². The molecule has 6 aromatic rings. The normalized spacial score (nSPS) is 11.4. The highest BCUT2D eigenvalue weighted by Crippen LogP contribution is 2.36. The van der Waals surface area contributed by atoms with Gasteiger partial charge in [-0.25, -0.2) is 9.97 Å². The van der Waals surface area contributed by atoms with E-state index in [4.69, 9.17) is 42.6 Å². The van der Waals surface area contributed by atoms with Gasteiger partial charge in [0.05, 0.1) is 73.8 Å². The number of fused-ring (bicyclic) bond motifs is 4. The van der Waals surface area contributed by atoms with Gasteiger partial charge < -0.3 is 41.0 Å². The number of halogens is 2. The maximum atomic E-state index is 12.9. The van der Waals surface area contributed by atoms with Crippen molar-refractivity contribution in [3.63, 3.8) is 0 Å². The van der Waals surface area contributed by atoms with Crippen LogP contribution in [0.5, 0.6) is 11.5 Å². The van der Waals surface area contributed by atoms with E-state index in [1.165, 1.54) is 9.80 Å². The minimum Gasteiger partial charge on any atom is -0.497 e. The predicted molar refractivity (Wildman–Crippen MR) is 270 cm³/mol. The Morgan fingerprint density at radius 3 is 1.28 bits per heavy atom. The van der Waals surface area contributed by atoms with Crippen molar-refractivity contribution in [3.8, 4) is 11.5 Å². The van der Waals surface area contributed by atoms with Gasteiger partial charge in [0.1, 0.15) is 11.5 Å². The van der Waals surface area contributed by atoms with E-state index in [0.717, 1.165) is 131 Å². The highest BCUT2D eigenvalue weighted by atomic mass is 35.5. The number of ether oxygens (including phenoxy) is 2. The van der Waals surface area contributed by atoms with E-state index in [1.807, 2.05) is 72.8 Å². The smallest absolute Gasteiger partial charge is 0.317 e. The molecule has 2 heterocycles. The molecule has 6 rings (SSSR count). The lowest BCUT2D eigenvalue weighted by molar-refractivity contribution is -0.141. The third-order valence-corrected chi connectivity index (χ3v) is 12.0. The molecule has 0 atom stereocenters. The molecule has 2 aromatic heterocycles. The number of unbranched alkanes of at least 4 members (excludes halogenated alkanes) is 6. The number of methoxy groups -OCH3 is 2. The number of carboxylic acids is 2. The zero-order valence-electron chi connectivity index (χ0n) is 38.5. The van der Waals surface area contributed by atoms with Crippen LogP contribution in [0.2, 0.25) is 10.0 Å². The molecule has 0 aliphatic carbocycles. The first kappa shape index (κ1) is 51.2. The quantitative estimate of drug-likeness (QED) is 0.0194. The van der Waals surface area contributed by atoms with E-state index in [-0.39, 0.29) is 38.0 Å². The summed E-state index contributed by atoms with van der Waals surface area (Å²) in [6.07, 6.45) is 6.87. The first-order valence-corrected chi connectivity index (χ1v) is 23.7. The summed E-state index contributed by atoms with van der Waals surface area (Å²) in [5, 5.41) is 37.1. The Hall–Kier alpha value is -6.20. The number of amides is 2. The molecule has 6 N–H and O–H groups in total. The third kappa shape index (κ3) is 15.2. The van der Waals surface area contributed by atoms with Gasteiger partial charge in [0, 0.05) is 70.9 Å². The SMILES string of the molecule is COc1ccc2nc3cc(Cl)ccc3c(NCCCCCCNC(=O)CN(CCN(CC(=O)O)CC(=O)NCCCCCCNc3c4ccc(Cl)cc4nc4ccc(OC)cc34)CC(=O)O)c2c1. The molecular formula is C50H60Cl2N8O8. The van der Waals surface area contributed by atoms with Gasteiger partial charge in [-0.1, -0.05) is 48.9 Å². The Morgan fingerprint density at radius 1 is 0.500 bits per heavy atom. The zero-order valence-corrected chi connectivity index (χ0v) is 40.1. The third-order valence-electron chi connectivity index (χ3n) is 11.5. The van der Waals surface area contributed by atoms with Crippen molar-refractivity contribution in [1.29, 1.82) is 0 Å². The number of pyridine rings is 2. The van der Waals surface area contributed by atoms with Crippen molar-refractivity contribution < 1.29 is 38.9 Å². The fourth-order valence-electron chi connectivity index (χ4n) is 8.13. The maximum absolute atomic E-state index is 12.9. The molecular weight excluding hydrogens is 912 g/mol. The standard InChI is InChI=1S/C50H60Cl2N8O8/c1-67-35-13-17-41-39(27-35)49(37-15-11-33(51)25-43(37)57-41)55-21-9-5-3-7-19-53-45(61)29-59(31-47(63)64)23-24-60(32-48(65)66)30-46(62)54-20-8-4-6-10-22-56-50-38-16-12-34(52)26-44(38)58-42-18-14-36(68-2)28-40(42)50/h11-18,25-28H,3-10,19-24,29-32H2,1-2H3,(H,53,61)(H,54,62)(H,55,57)(H,56,58)(H,63,64)(H,65,66). The summed E-state index contributed by atoms with van der Waals surface area (Å²) < 4.78 is 10.9. The lowest BCUT2D eigenvalue weighted by Gasteiger charge is -2.25. The molecule has 0 spiro atoms. The van der Waals surface area contributed by atoms with Crippen molar-refractivity contribution in [2.75, 3.05) is 90.3 Å². The Kier molecular flexibility index (Phi) is 19.4. The Bertz CT molecular complexity index is 2520. The van der Waals surface area contributed by atoms with E-state index >= 15 is 0 Å². The first-order chi connectivity index (χ1) is 32.9. The number of aliphatic carboxylic acids is 2. The number of nitrogens with one attached hydrogen (secondary N) is 4. The van der Waals surface area contributed by atoms with Gasteiger partial charge in [-0.2, -0.15) is 0 Å². The molecule has 16 nitrogen and oxygen atoms in total. The molecule has 0 aliphatic heterocycles. The van der Waals surface area contributed by atoms with Crippen LogP contribution in [0.3, 0.4) is 0 Å². The van der Waals surface area contributed by atoms with Crippen LogP contribution in [0.1, 0.15) is 51.4 Å². The number of aromatic nitrogens is 2. The van der Waals surface area contributed by atoms with Crippen molar-refractivity contribution in [2.45, 2.75) is 51.4 Å². The van der Waals surface area contributed by atoms with Gasteiger partial charge >= 0.3 is 11.9 Å². The number of rotatable bonds is 29. The van der Waals surface area contributed by atoms with Gasteiger partial charge in [0.2, 0.25) is 11.8 Å². The summed E-state index contributed by atoms with van der Waals surface area (Å²) in [6, 6.07) is 22.9. The minimum absolute atomic E-state index is 0.0789. The average molecular weight is 972 g/mol. The predicted octanol–water partition coefficient (Wildman–Crippen LogP) is 8.06. The molecule has 18 heteroatoms. The summed E-state index contributed by atoms with van der Waals surface area (Å²) in [5.41, 5.74) is 5.21. The van der Waals surface area contributed by atoms with Crippen molar-refractivity contribution in [2.24, 2.45) is 0 Å². The number of carbonyl (C=O) groups excluding carboxylic acids is 2. The number of carbonyl (C=O) groups is 4. The molecule has 4 aromatic carbocycles. The molecule has 0 aliphatic rings. The molecule has 0 saturated carbocycles. The highest BCUT2D eigenvalue weighted by molar-refractivity contribution is 6.32. The van der Waals surface area contributed by atoms with Gasteiger partial charge in [-0.15, -0.1) is 0 Å². The molecule has 0 saturated heterocycles.